The highest BCUT2D eigenvalue weighted by Gasteiger charge is 2.21. The molecule has 0 saturated carbocycles. The van der Waals surface area contributed by atoms with Crippen molar-refractivity contribution < 1.29 is 0 Å². The number of hydrogen-bond donors (Lipinski definition) is 2. The number of aromatic nitrogens is 2. The van der Waals surface area contributed by atoms with E-state index in [-0.39, 0.29) is 0 Å². The fraction of sp³-hybridized carbons (Fsp3) is 0.391. The topological polar surface area (TPSA) is 67.1 Å². The first-order valence-corrected chi connectivity index (χ1v) is 11.3. The Morgan fingerprint density at radius 3 is 2.63 bits per heavy atom. The first-order valence-electron chi connectivity index (χ1n) is 10.5. The summed E-state index contributed by atoms with van der Waals surface area (Å²) >= 11 is 12.4. The number of rotatable bonds is 6. The molecule has 4 rings (SSSR count). The van der Waals surface area contributed by atoms with Gasteiger partial charge in [-0.2, -0.15) is 4.98 Å². The van der Waals surface area contributed by atoms with Gasteiger partial charge in [-0.1, -0.05) is 49.0 Å². The molecule has 1 aromatic heterocycles. The van der Waals surface area contributed by atoms with Crippen molar-refractivity contribution in [1.82, 2.24) is 9.97 Å². The number of hydrogen-bond acceptors (Lipinski definition) is 5. The van der Waals surface area contributed by atoms with E-state index in [1.54, 1.807) is 6.07 Å². The third-order valence-corrected chi connectivity index (χ3v) is 6.35. The third-order valence-electron chi connectivity index (χ3n) is 5.76. The Bertz CT molecular complexity index is 1030. The Hall–Kier alpha value is -2.24. The van der Waals surface area contributed by atoms with Gasteiger partial charge in [0.2, 0.25) is 5.95 Å². The Kier molecular flexibility index (Phi) is 6.49. The van der Waals surface area contributed by atoms with Crippen molar-refractivity contribution in [2.24, 2.45) is 5.92 Å². The summed E-state index contributed by atoms with van der Waals surface area (Å²) in [7, 11) is 0. The molecule has 5 nitrogen and oxygen atoms in total. The SMILES string of the molecule is CCCC1CCN(c2nc(NCc3ccc(Cl)cc3Cl)c3cc(N)ccc3n2)CC1. The number of nitrogens with zero attached hydrogens (tertiary/aromatic N) is 3. The van der Waals surface area contributed by atoms with Crippen LogP contribution >= 0.6 is 23.2 Å². The molecule has 0 radical (unpaired) electrons. The number of nitrogens with two attached hydrogens (primary N) is 1. The fourth-order valence-corrected chi connectivity index (χ4v) is 4.56. The molecule has 2 heterocycles. The number of benzene rings is 2. The van der Waals surface area contributed by atoms with Gasteiger partial charge in [-0.05, 0) is 54.7 Å². The molecule has 0 spiro atoms. The van der Waals surface area contributed by atoms with Crippen LogP contribution in [0.15, 0.2) is 36.4 Å². The van der Waals surface area contributed by atoms with E-state index in [2.05, 4.69) is 17.1 Å². The molecule has 0 unspecified atom stereocenters. The molecule has 3 aromatic rings. The van der Waals surface area contributed by atoms with Gasteiger partial charge >= 0.3 is 0 Å². The van der Waals surface area contributed by atoms with Crippen molar-refractivity contribution in [3.05, 3.63) is 52.0 Å². The summed E-state index contributed by atoms with van der Waals surface area (Å²) in [6.45, 7) is 4.78. The van der Waals surface area contributed by atoms with Gasteiger partial charge in [0.1, 0.15) is 5.82 Å². The van der Waals surface area contributed by atoms with E-state index >= 15 is 0 Å². The van der Waals surface area contributed by atoms with Crippen LogP contribution in [0.5, 0.6) is 0 Å². The van der Waals surface area contributed by atoms with Crippen LogP contribution in [0.25, 0.3) is 10.9 Å². The van der Waals surface area contributed by atoms with Crippen molar-refractivity contribution in [3.63, 3.8) is 0 Å². The molecule has 158 valence electrons. The summed E-state index contributed by atoms with van der Waals surface area (Å²) in [6, 6.07) is 11.3. The fourth-order valence-electron chi connectivity index (χ4n) is 4.08. The van der Waals surface area contributed by atoms with Crippen molar-refractivity contribution in [1.29, 1.82) is 0 Å². The lowest BCUT2D eigenvalue weighted by Gasteiger charge is -2.32. The maximum Gasteiger partial charge on any atom is 0.227 e. The van der Waals surface area contributed by atoms with E-state index in [9.17, 15) is 0 Å². The number of piperidine rings is 1. The number of nitrogens with one attached hydrogen (secondary N) is 1. The number of fused-ring (bicyclic) bond motifs is 1. The van der Waals surface area contributed by atoms with Crippen LogP contribution in [0, 0.1) is 5.92 Å². The van der Waals surface area contributed by atoms with Crippen LogP contribution in [-0.2, 0) is 6.54 Å². The van der Waals surface area contributed by atoms with Crippen molar-refractivity contribution >= 4 is 51.6 Å². The Morgan fingerprint density at radius 1 is 1.10 bits per heavy atom. The molecule has 1 fully saturated rings. The van der Waals surface area contributed by atoms with Crippen LogP contribution in [0.4, 0.5) is 17.5 Å². The monoisotopic (exact) mass is 443 g/mol. The zero-order valence-electron chi connectivity index (χ0n) is 17.2. The maximum atomic E-state index is 6.35. The summed E-state index contributed by atoms with van der Waals surface area (Å²) < 4.78 is 0. The molecule has 0 amide bonds. The first-order chi connectivity index (χ1) is 14.5. The lowest BCUT2D eigenvalue weighted by atomic mass is 9.93. The van der Waals surface area contributed by atoms with E-state index < -0.39 is 0 Å². The van der Waals surface area contributed by atoms with Crippen LogP contribution in [0.3, 0.4) is 0 Å². The lowest BCUT2D eigenvalue weighted by molar-refractivity contribution is 0.376. The third kappa shape index (κ3) is 4.73. The van der Waals surface area contributed by atoms with Gasteiger partial charge in [-0.15, -0.1) is 0 Å². The highest BCUT2D eigenvalue weighted by molar-refractivity contribution is 6.35. The molecule has 0 atom stereocenters. The van der Waals surface area contributed by atoms with Crippen LogP contribution in [0.2, 0.25) is 10.0 Å². The first kappa shape index (κ1) is 21.0. The molecular weight excluding hydrogens is 417 g/mol. The highest BCUT2D eigenvalue weighted by atomic mass is 35.5. The van der Waals surface area contributed by atoms with Crippen LogP contribution in [-0.4, -0.2) is 23.1 Å². The molecule has 0 aliphatic carbocycles. The van der Waals surface area contributed by atoms with Crippen molar-refractivity contribution in [2.45, 2.75) is 39.2 Å². The van der Waals surface area contributed by atoms with Gasteiger partial charge in [-0.3, -0.25) is 0 Å². The largest absolute Gasteiger partial charge is 0.399 e. The van der Waals surface area contributed by atoms with E-state index in [1.807, 2.05) is 30.3 Å². The van der Waals surface area contributed by atoms with Crippen LogP contribution < -0.4 is 16.0 Å². The molecule has 30 heavy (non-hydrogen) atoms. The Balaban J connectivity index is 1.61. The Labute approximate surface area is 187 Å². The quantitative estimate of drug-likeness (QED) is 0.447. The van der Waals surface area contributed by atoms with E-state index in [0.717, 1.165) is 47.2 Å². The number of nitrogen functional groups attached to an aromatic ring is 1. The normalized spacial score (nSPS) is 15.0. The van der Waals surface area contributed by atoms with Gasteiger partial charge in [-0.25, -0.2) is 4.98 Å². The molecule has 7 heteroatoms. The summed E-state index contributed by atoms with van der Waals surface area (Å²) in [4.78, 5) is 12.0. The minimum absolute atomic E-state index is 0.537. The van der Waals surface area contributed by atoms with Gasteiger partial charge in [0.05, 0.1) is 5.52 Å². The standard InChI is InChI=1S/C23H27Cl2N5/c1-2-3-15-8-10-30(11-9-15)23-28-21-7-6-18(26)13-19(21)22(29-23)27-14-16-4-5-17(24)12-20(16)25/h4-7,12-13,15H,2-3,8-11,14,26H2,1H3,(H,27,28,29). The minimum Gasteiger partial charge on any atom is -0.399 e. The second-order valence-corrected chi connectivity index (χ2v) is 8.80. The lowest BCUT2D eigenvalue weighted by Crippen LogP contribution is -2.35. The minimum atomic E-state index is 0.537. The van der Waals surface area contributed by atoms with Gasteiger partial charge in [0.25, 0.3) is 0 Å². The smallest absolute Gasteiger partial charge is 0.227 e. The summed E-state index contributed by atoms with van der Waals surface area (Å²) in [5.74, 6) is 2.35. The molecular formula is C23H27Cl2N5. The predicted molar refractivity (Wildman–Crippen MR) is 128 cm³/mol. The van der Waals surface area contributed by atoms with Crippen molar-refractivity contribution in [3.8, 4) is 0 Å². The summed E-state index contributed by atoms with van der Waals surface area (Å²) in [5.41, 5.74) is 8.56. The second-order valence-electron chi connectivity index (χ2n) is 7.96. The summed E-state index contributed by atoms with van der Waals surface area (Å²) in [6.07, 6.45) is 4.94. The van der Waals surface area contributed by atoms with E-state index in [0.29, 0.717) is 22.3 Å². The molecule has 1 aliphatic heterocycles. The summed E-state index contributed by atoms with van der Waals surface area (Å²) in [5, 5.41) is 5.60. The molecule has 3 N–H and O–H groups in total. The average molecular weight is 444 g/mol. The number of anilines is 3. The second kappa shape index (κ2) is 9.27. The van der Waals surface area contributed by atoms with Gasteiger partial charge in [0, 0.05) is 40.8 Å². The zero-order valence-corrected chi connectivity index (χ0v) is 18.7. The zero-order chi connectivity index (χ0) is 21.1. The molecule has 1 saturated heterocycles. The molecule has 0 bridgehead atoms. The van der Waals surface area contributed by atoms with Gasteiger partial charge < -0.3 is 16.0 Å². The number of halogens is 2. The van der Waals surface area contributed by atoms with Crippen LogP contribution in [0.1, 0.15) is 38.2 Å². The van der Waals surface area contributed by atoms with Crippen molar-refractivity contribution in [2.75, 3.05) is 29.0 Å². The van der Waals surface area contributed by atoms with E-state index in [4.69, 9.17) is 38.9 Å². The predicted octanol–water partition coefficient (Wildman–Crippen LogP) is 6.15. The molecule has 1 aliphatic rings. The highest BCUT2D eigenvalue weighted by Crippen LogP contribution is 2.30. The molecule has 2 aromatic carbocycles. The maximum absolute atomic E-state index is 6.35. The van der Waals surface area contributed by atoms with Gasteiger partial charge in [0.15, 0.2) is 0 Å². The Morgan fingerprint density at radius 2 is 1.90 bits per heavy atom. The average Bonchev–Trinajstić information content (AvgIpc) is 2.74. The van der Waals surface area contributed by atoms with E-state index in [1.165, 1.54) is 25.7 Å².